The molecule has 0 aromatic heterocycles. The Balaban J connectivity index is 0.00000392. The summed E-state index contributed by atoms with van der Waals surface area (Å²) in [5.41, 5.74) is 0. The van der Waals surface area contributed by atoms with Gasteiger partial charge in [-0.1, -0.05) is 33.1 Å². The molecule has 1 unspecified atom stereocenters. The largest absolute Gasteiger partial charge is 0.379 e. The molecule has 1 saturated carbocycles. The van der Waals surface area contributed by atoms with Crippen LogP contribution in [0.1, 0.15) is 46.0 Å². The summed E-state index contributed by atoms with van der Waals surface area (Å²) in [5.74, 6) is 1.78. The highest BCUT2D eigenvalue weighted by atomic mass is 127. The van der Waals surface area contributed by atoms with Crippen molar-refractivity contribution < 1.29 is 9.53 Å². The minimum atomic E-state index is 0. The average Bonchev–Trinajstić information content (AvgIpc) is 2.70. The molecule has 7 nitrogen and oxygen atoms in total. The van der Waals surface area contributed by atoms with E-state index < -0.39 is 0 Å². The summed E-state index contributed by atoms with van der Waals surface area (Å²) in [6.07, 6.45) is 5.73. The second-order valence-corrected chi connectivity index (χ2v) is 7.97. The number of morpholine rings is 1. The average molecular weight is 509 g/mol. The molecule has 8 heteroatoms. The number of rotatable bonds is 8. The van der Waals surface area contributed by atoms with Crippen LogP contribution >= 0.6 is 24.0 Å². The standard InChI is InChI=1S/C20H39N5O2.HI/c1-16(2)18(25-11-13-27-14-12-25)15-24-20(21-3)23-10-9-22-19(26)17-7-5-4-6-8-17;/h16-18H,4-15H2,1-3H3,(H,22,26)(H2,21,23,24);1H. The van der Waals surface area contributed by atoms with Crippen molar-refractivity contribution in [1.29, 1.82) is 0 Å². The Morgan fingerprint density at radius 1 is 1.07 bits per heavy atom. The minimum absolute atomic E-state index is 0. The SMILES string of the molecule is CN=C(NCCNC(=O)C1CCCCC1)NCC(C(C)C)N1CCOCC1.I. The van der Waals surface area contributed by atoms with Crippen molar-refractivity contribution in [1.82, 2.24) is 20.9 Å². The Bertz CT molecular complexity index is 464. The van der Waals surface area contributed by atoms with Crippen LogP contribution in [0.4, 0.5) is 0 Å². The van der Waals surface area contributed by atoms with Crippen LogP contribution in [-0.2, 0) is 9.53 Å². The molecule has 2 aliphatic rings. The van der Waals surface area contributed by atoms with Gasteiger partial charge in [-0.3, -0.25) is 14.7 Å². The zero-order chi connectivity index (χ0) is 19.5. The van der Waals surface area contributed by atoms with E-state index in [1.807, 2.05) is 0 Å². The van der Waals surface area contributed by atoms with Gasteiger partial charge in [-0.2, -0.15) is 0 Å². The number of amides is 1. The molecule has 0 aromatic rings. The molecule has 0 bridgehead atoms. The third kappa shape index (κ3) is 8.82. The van der Waals surface area contributed by atoms with Gasteiger partial charge < -0.3 is 20.7 Å². The number of nitrogens with one attached hydrogen (secondary N) is 3. The van der Waals surface area contributed by atoms with Gasteiger partial charge in [-0.15, -0.1) is 24.0 Å². The topological polar surface area (TPSA) is 78.0 Å². The van der Waals surface area contributed by atoms with E-state index in [-0.39, 0.29) is 35.8 Å². The molecule has 1 atom stereocenters. The molecule has 1 aliphatic carbocycles. The van der Waals surface area contributed by atoms with Crippen molar-refractivity contribution in [3.05, 3.63) is 0 Å². The van der Waals surface area contributed by atoms with Crippen molar-refractivity contribution in [2.45, 2.75) is 52.0 Å². The second kappa shape index (κ2) is 14.4. The van der Waals surface area contributed by atoms with Crippen LogP contribution < -0.4 is 16.0 Å². The molecule has 164 valence electrons. The molecule has 1 aliphatic heterocycles. The lowest BCUT2D eigenvalue weighted by Gasteiger charge is -2.37. The van der Waals surface area contributed by atoms with E-state index in [1.54, 1.807) is 7.05 Å². The first-order valence-corrected chi connectivity index (χ1v) is 10.7. The fraction of sp³-hybridized carbons (Fsp3) is 0.900. The lowest BCUT2D eigenvalue weighted by molar-refractivity contribution is -0.125. The summed E-state index contributed by atoms with van der Waals surface area (Å²) >= 11 is 0. The van der Waals surface area contributed by atoms with Gasteiger partial charge in [-0.05, 0) is 18.8 Å². The number of aliphatic imine (C=N–C) groups is 1. The van der Waals surface area contributed by atoms with Crippen molar-refractivity contribution in [2.75, 3.05) is 53.0 Å². The molecule has 3 N–H and O–H groups in total. The predicted octanol–water partition coefficient (Wildman–Crippen LogP) is 1.82. The third-order valence-electron chi connectivity index (χ3n) is 5.68. The molecule has 0 spiro atoms. The van der Waals surface area contributed by atoms with Gasteiger partial charge in [0.1, 0.15) is 0 Å². The Hall–Kier alpha value is -0.610. The van der Waals surface area contributed by atoms with E-state index in [9.17, 15) is 4.79 Å². The van der Waals surface area contributed by atoms with Crippen LogP contribution in [0.3, 0.4) is 0 Å². The van der Waals surface area contributed by atoms with Gasteiger partial charge in [0.2, 0.25) is 5.91 Å². The van der Waals surface area contributed by atoms with Gasteiger partial charge in [0.15, 0.2) is 5.96 Å². The number of hydrogen-bond acceptors (Lipinski definition) is 4. The van der Waals surface area contributed by atoms with Gasteiger partial charge >= 0.3 is 0 Å². The highest BCUT2D eigenvalue weighted by Crippen LogP contribution is 2.23. The number of halogens is 1. The number of guanidine groups is 1. The lowest BCUT2D eigenvalue weighted by Crippen LogP contribution is -2.53. The first kappa shape index (κ1) is 25.4. The van der Waals surface area contributed by atoms with Gasteiger partial charge in [0.25, 0.3) is 0 Å². The van der Waals surface area contributed by atoms with Crippen molar-refractivity contribution >= 4 is 35.8 Å². The fourth-order valence-electron chi connectivity index (χ4n) is 3.99. The second-order valence-electron chi connectivity index (χ2n) is 7.97. The van der Waals surface area contributed by atoms with Crippen molar-refractivity contribution in [3.63, 3.8) is 0 Å². The molecular formula is C20H40IN5O2. The number of ether oxygens (including phenoxy) is 1. The van der Waals surface area contributed by atoms with Crippen molar-refractivity contribution in [3.8, 4) is 0 Å². The van der Waals surface area contributed by atoms with Crippen LogP contribution in [0.15, 0.2) is 4.99 Å². The van der Waals surface area contributed by atoms with Gasteiger partial charge in [-0.25, -0.2) is 0 Å². The van der Waals surface area contributed by atoms with E-state index in [1.165, 1.54) is 19.3 Å². The van der Waals surface area contributed by atoms with E-state index >= 15 is 0 Å². The van der Waals surface area contributed by atoms with E-state index in [4.69, 9.17) is 4.74 Å². The zero-order valence-electron chi connectivity index (χ0n) is 17.8. The quantitative estimate of drug-likeness (QED) is 0.202. The highest BCUT2D eigenvalue weighted by molar-refractivity contribution is 14.0. The molecule has 1 saturated heterocycles. The van der Waals surface area contributed by atoms with E-state index in [0.717, 1.165) is 51.6 Å². The molecule has 28 heavy (non-hydrogen) atoms. The lowest BCUT2D eigenvalue weighted by atomic mass is 9.89. The monoisotopic (exact) mass is 509 g/mol. The van der Waals surface area contributed by atoms with Crippen LogP contribution in [-0.4, -0.2) is 75.8 Å². The third-order valence-corrected chi connectivity index (χ3v) is 5.68. The van der Waals surface area contributed by atoms with Crippen LogP contribution in [0, 0.1) is 11.8 Å². The Morgan fingerprint density at radius 3 is 2.32 bits per heavy atom. The summed E-state index contributed by atoms with van der Waals surface area (Å²) in [6.45, 7) is 10.3. The fourth-order valence-corrected chi connectivity index (χ4v) is 3.99. The normalized spacial score (nSPS) is 20.4. The maximum absolute atomic E-state index is 12.2. The first-order valence-electron chi connectivity index (χ1n) is 10.7. The maximum Gasteiger partial charge on any atom is 0.223 e. The molecular weight excluding hydrogens is 469 g/mol. The molecule has 2 fully saturated rings. The summed E-state index contributed by atoms with van der Waals surface area (Å²) in [5, 5.41) is 9.81. The summed E-state index contributed by atoms with van der Waals surface area (Å²) < 4.78 is 5.47. The molecule has 1 amide bonds. The summed E-state index contributed by atoms with van der Waals surface area (Å²) in [4.78, 5) is 19.0. The van der Waals surface area contributed by atoms with Crippen LogP contribution in [0.2, 0.25) is 0 Å². The van der Waals surface area contributed by atoms with E-state index in [0.29, 0.717) is 25.0 Å². The summed E-state index contributed by atoms with van der Waals surface area (Å²) in [6, 6.07) is 0.457. The number of nitrogens with zero attached hydrogens (tertiary/aromatic N) is 2. The van der Waals surface area contributed by atoms with Crippen LogP contribution in [0.5, 0.6) is 0 Å². The van der Waals surface area contributed by atoms with Crippen LogP contribution in [0.25, 0.3) is 0 Å². The number of hydrogen-bond donors (Lipinski definition) is 3. The minimum Gasteiger partial charge on any atom is -0.379 e. The first-order chi connectivity index (χ1) is 13.1. The Kier molecular flexibility index (Phi) is 13.1. The van der Waals surface area contributed by atoms with Gasteiger partial charge in [0, 0.05) is 51.7 Å². The molecule has 2 rings (SSSR count). The Morgan fingerprint density at radius 2 is 1.71 bits per heavy atom. The molecule has 1 heterocycles. The smallest absolute Gasteiger partial charge is 0.223 e. The molecule has 0 aromatic carbocycles. The molecule has 0 radical (unpaired) electrons. The van der Waals surface area contributed by atoms with E-state index in [2.05, 4.69) is 39.7 Å². The number of carbonyl (C=O) groups is 1. The highest BCUT2D eigenvalue weighted by Gasteiger charge is 2.24. The predicted molar refractivity (Wildman–Crippen MR) is 125 cm³/mol. The summed E-state index contributed by atoms with van der Waals surface area (Å²) in [7, 11) is 1.79. The van der Waals surface area contributed by atoms with Crippen molar-refractivity contribution in [2.24, 2.45) is 16.8 Å². The maximum atomic E-state index is 12.2. The van der Waals surface area contributed by atoms with Gasteiger partial charge in [0.05, 0.1) is 13.2 Å². The Labute approximate surface area is 187 Å². The zero-order valence-corrected chi connectivity index (χ0v) is 20.2. The number of carbonyl (C=O) groups excluding carboxylic acids is 1.